The van der Waals surface area contributed by atoms with Crippen molar-refractivity contribution in [3.63, 3.8) is 0 Å². The molecule has 0 aliphatic carbocycles. The van der Waals surface area contributed by atoms with Crippen molar-refractivity contribution in [2.75, 3.05) is 19.3 Å². The SMILES string of the molecule is CN1CCCC[C@H]1c1ccnc(N)c1. The molecule has 1 aliphatic rings. The van der Waals surface area contributed by atoms with Gasteiger partial charge < -0.3 is 5.73 Å². The summed E-state index contributed by atoms with van der Waals surface area (Å²) in [4.78, 5) is 6.42. The maximum absolute atomic E-state index is 5.68. The van der Waals surface area contributed by atoms with E-state index < -0.39 is 0 Å². The van der Waals surface area contributed by atoms with Gasteiger partial charge in [-0.1, -0.05) is 6.42 Å². The molecule has 2 heterocycles. The zero-order valence-corrected chi connectivity index (χ0v) is 8.61. The van der Waals surface area contributed by atoms with Gasteiger partial charge in [-0.05, 0) is 44.1 Å². The molecule has 0 spiro atoms. The first-order valence-electron chi connectivity index (χ1n) is 5.19. The van der Waals surface area contributed by atoms with E-state index in [2.05, 4.69) is 23.0 Å². The molecule has 1 aromatic heterocycles. The first-order valence-corrected chi connectivity index (χ1v) is 5.19. The molecule has 1 aliphatic heterocycles. The van der Waals surface area contributed by atoms with E-state index in [9.17, 15) is 0 Å². The summed E-state index contributed by atoms with van der Waals surface area (Å²) in [7, 11) is 2.18. The summed E-state index contributed by atoms with van der Waals surface area (Å²) >= 11 is 0. The van der Waals surface area contributed by atoms with E-state index in [4.69, 9.17) is 5.73 Å². The predicted octanol–water partition coefficient (Wildman–Crippen LogP) is 1.82. The number of rotatable bonds is 1. The lowest BCUT2D eigenvalue weighted by molar-refractivity contribution is 0.187. The van der Waals surface area contributed by atoms with Gasteiger partial charge in [0.1, 0.15) is 5.82 Å². The van der Waals surface area contributed by atoms with Gasteiger partial charge in [0.05, 0.1) is 0 Å². The zero-order chi connectivity index (χ0) is 9.97. The summed E-state index contributed by atoms with van der Waals surface area (Å²) in [6, 6.07) is 4.60. The molecule has 0 unspecified atom stereocenters. The molecule has 2 N–H and O–H groups in total. The van der Waals surface area contributed by atoms with E-state index in [1.165, 1.54) is 31.4 Å². The van der Waals surface area contributed by atoms with Crippen LogP contribution in [0.5, 0.6) is 0 Å². The summed E-state index contributed by atoms with van der Waals surface area (Å²) < 4.78 is 0. The Morgan fingerprint density at radius 3 is 3.07 bits per heavy atom. The summed E-state index contributed by atoms with van der Waals surface area (Å²) in [6.45, 7) is 1.19. The van der Waals surface area contributed by atoms with Crippen molar-refractivity contribution < 1.29 is 0 Å². The van der Waals surface area contributed by atoms with Gasteiger partial charge in [-0.2, -0.15) is 0 Å². The first-order chi connectivity index (χ1) is 6.77. The van der Waals surface area contributed by atoms with Crippen LogP contribution in [0, 0.1) is 0 Å². The van der Waals surface area contributed by atoms with Gasteiger partial charge in [0.25, 0.3) is 0 Å². The molecule has 1 aromatic rings. The second-order valence-electron chi connectivity index (χ2n) is 4.01. The van der Waals surface area contributed by atoms with E-state index in [1.807, 2.05) is 6.07 Å². The van der Waals surface area contributed by atoms with Crippen LogP contribution in [-0.4, -0.2) is 23.5 Å². The molecule has 0 bridgehead atoms. The Kier molecular flexibility index (Phi) is 2.68. The van der Waals surface area contributed by atoms with Crippen LogP contribution in [0.2, 0.25) is 0 Å². The van der Waals surface area contributed by atoms with E-state index in [0.717, 1.165) is 0 Å². The van der Waals surface area contributed by atoms with E-state index in [1.54, 1.807) is 6.20 Å². The molecule has 3 heteroatoms. The minimum atomic E-state index is 0.536. The van der Waals surface area contributed by atoms with Crippen LogP contribution in [-0.2, 0) is 0 Å². The number of likely N-dealkylation sites (tertiary alicyclic amines) is 1. The van der Waals surface area contributed by atoms with Crippen LogP contribution >= 0.6 is 0 Å². The smallest absolute Gasteiger partial charge is 0.123 e. The number of nitrogens with zero attached hydrogens (tertiary/aromatic N) is 2. The van der Waals surface area contributed by atoms with Crippen molar-refractivity contribution in [3.8, 4) is 0 Å². The molecule has 2 rings (SSSR count). The number of anilines is 1. The molecule has 76 valence electrons. The monoisotopic (exact) mass is 191 g/mol. The fourth-order valence-corrected chi connectivity index (χ4v) is 2.17. The minimum Gasteiger partial charge on any atom is -0.384 e. The molecule has 1 atom stereocenters. The van der Waals surface area contributed by atoms with Gasteiger partial charge in [-0.25, -0.2) is 4.98 Å². The van der Waals surface area contributed by atoms with Gasteiger partial charge in [-0.15, -0.1) is 0 Å². The first kappa shape index (κ1) is 9.46. The van der Waals surface area contributed by atoms with Gasteiger partial charge in [0.2, 0.25) is 0 Å². The van der Waals surface area contributed by atoms with Gasteiger partial charge in [0, 0.05) is 12.2 Å². The van der Waals surface area contributed by atoms with Crippen LogP contribution in [0.15, 0.2) is 18.3 Å². The molecule has 14 heavy (non-hydrogen) atoms. The minimum absolute atomic E-state index is 0.536. The molecular formula is C11H17N3. The second-order valence-corrected chi connectivity index (χ2v) is 4.01. The summed E-state index contributed by atoms with van der Waals surface area (Å²) in [5.41, 5.74) is 6.99. The van der Waals surface area contributed by atoms with E-state index in [0.29, 0.717) is 11.9 Å². The highest BCUT2D eigenvalue weighted by Gasteiger charge is 2.20. The van der Waals surface area contributed by atoms with Crippen molar-refractivity contribution in [3.05, 3.63) is 23.9 Å². The van der Waals surface area contributed by atoms with Crippen molar-refractivity contribution in [1.82, 2.24) is 9.88 Å². The Morgan fingerprint density at radius 2 is 2.36 bits per heavy atom. The number of pyridine rings is 1. The summed E-state index contributed by atoms with van der Waals surface area (Å²) in [5, 5.41) is 0. The predicted molar refractivity (Wildman–Crippen MR) is 57.9 cm³/mol. The van der Waals surface area contributed by atoms with Crippen molar-refractivity contribution in [2.24, 2.45) is 0 Å². The average molecular weight is 191 g/mol. The number of hydrogen-bond acceptors (Lipinski definition) is 3. The van der Waals surface area contributed by atoms with Crippen LogP contribution < -0.4 is 5.73 Å². The Hall–Kier alpha value is -1.09. The van der Waals surface area contributed by atoms with Crippen LogP contribution in [0.1, 0.15) is 30.9 Å². The van der Waals surface area contributed by atoms with Gasteiger partial charge in [-0.3, -0.25) is 4.90 Å². The lowest BCUT2D eigenvalue weighted by Gasteiger charge is -2.32. The molecular weight excluding hydrogens is 174 g/mol. The van der Waals surface area contributed by atoms with E-state index in [-0.39, 0.29) is 0 Å². The molecule has 1 saturated heterocycles. The average Bonchev–Trinajstić information content (AvgIpc) is 2.18. The Labute approximate surface area is 84.9 Å². The lowest BCUT2D eigenvalue weighted by atomic mass is 9.96. The number of aromatic nitrogens is 1. The third kappa shape index (κ3) is 1.87. The molecule has 3 nitrogen and oxygen atoms in total. The standard InChI is InChI=1S/C11H17N3/c1-14-7-3-2-4-10(14)9-5-6-13-11(12)8-9/h5-6,8,10H,2-4,7H2,1H3,(H2,12,13)/t10-/m0/s1. The van der Waals surface area contributed by atoms with Crippen LogP contribution in [0.25, 0.3) is 0 Å². The molecule has 0 aromatic carbocycles. The van der Waals surface area contributed by atoms with Gasteiger partial charge in [0.15, 0.2) is 0 Å². The maximum atomic E-state index is 5.68. The summed E-state index contributed by atoms with van der Waals surface area (Å²) in [6.07, 6.45) is 5.66. The summed E-state index contributed by atoms with van der Waals surface area (Å²) in [5.74, 6) is 0.626. The zero-order valence-electron chi connectivity index (χ0n) is 8.61. The van der Waals surface area contributed by atoms with Crippen LogP contribution in [0.3, 0.4) is 0 Å². The largest absolute Gasteiger partial charge is 0.384 e. The van der Waals surface area contributed by atoms with Crippen LogP contribution in [0.4, 0.5) is 5.82 Å². The topological polar surface area (TPSA) is 42.2 Å². The Morgan fingerprint density at radius 1 is 1.50 bits per heavy atom. The molecule has 0 amide bonds. The highest BCUT2D eigenvalue weighted by molar-refractivity contribution is 5.33. The van der Waals surface area contributed by atoms with E-state index >= 15 is 0 Å². The Balaban J connectivity index is 2.20. The molecule has 0 radical (unpaired) electrons. The highest BCUT2D eigenvalue weighted by atomic mass is 15.1. The number of piperidine rings is 1. The normalized spacial score (nSPS) is 23.6. The molecule has 1 fully saturated rings. The van der Waals surface area contributed by atoms with Gasteiger partial charge >= 0.3 is 0 Å². The fraction of sp³-hybridized carbons (Fsp3) is 0.545. The second kappa shape index (κ2) is 3.96. The highest BCUT2D eigenvalue weighted by Crippen LogP contribution is 2.29. The van der Waals surface area contributed by atoms with Crippen molar-refractivity contribution >= 4 is 5.82 Å². The number of nitrogens with two attached hydrogens (primary N) is 1. The third-order valence-electron chi connectivity index (χ3n) is 2.96. The third-order valence-corrected chi connectivity index (χ3v) is 2.96. The number of hydrogen-bond donors (Lipinski definition) is 1. The molecule has 0 saturated carbocycles. The quantitative estimate of drug-likeness (QED) is 0.736. The van der Waals surface area contributed by atoms with Crippen molar-refractivity contribution in [1.29, 1.82) is 0 Å². The number of nitrogen functional groups attached to an aromatic ring is 1. The Bertz CT molecular complexity index is 311. The maximum Gasteiger partial charge on any atom is 0.123 e. The van der Waals surface area contributed by atoms with Crippen molar-refractivity contribution in [2.45, 2.75) is 25.3 Å². The lowest BCUT2D eigenvalue weighted by Crippen LogP contribution is -2.29. The fourth-order valence-electron chi connectivity index (χ4n) is 2.17.